The van der Waals surface area contributed by atoms with Crippen molar-refractivity contribution in [2.45, 2.75) is 52.1 Å². The fourth-order valence-corrected chi connectivity index (χ4v) is 4.11. The molecule has 0 atom stereocenters. The zero-order chi connectivity index (χ0) is 21.1. The fourth-order valence-electron chi connectivity index (χ4n) is 3.14. The lowest BCUT2D eigenvalue weighted by Crippen LogP contribution is -2.48. The molecule has 158 valence electrons. The average Bonchev–Trinajstić information content (AvgIpc) is 3.21. The number of amides is 1. The van der Waals surface area contributed by atoms with Crippen molar-refractivity contribution in [3.8, 4) is 0 Å². The number of furan rings is 1. The second-order valence-electron chi connectivity index (χ2n) is 9.41. The predicted molar refractivity (Wildman–Crippen MR) is 118 cm³/mol. The maximum Gasteiger partial charge on any atom is 0.289 e. The third kappa shape index (κ3) is 5.59. The van der Waals surface area contributed by atoms with E-state index in [1.807, 2.05) is 4.90 Å². The Balaban J connectivity index is 1.46. The van der Waals surface area contributed by atoms with Crippen LogP contribution in [0.25, 0.3) is 0 Å². The van der Waals surface area contributed by atoms with E-state index in [1.165, 1.54) is 11.1 Å². The number of hydrogen-bond donors (Lipinski definition) is 0. The molecule has 0 bridgehead atoms. The first-order chi connectivity index (χ1) is 13.7. The monoisotopic (exact) mass is 414 g/mol. The van der Waals surface area contributed by atoms with Crippen LogP contribution in [0.3, 0.4) is 0 Å². The first-order valence-corrected chi connectivity index (χ1v) is 13.3. The maximum absolute atomic E-state index is 12.4. The molecule has 1 aromatic carbocycles. The standard InChI is InChI=1S/C23H34N2O3Si/c1-23(2,3)29(4,5)28-18-20-10-8-19(9-11-20)17-24-12-14-25(15-13-24)22(26)21-7-6-16-27-21/h6-11,16H,12-15,17-18H2,1-5H3. The van der Waals surface area contributed by atoms with Gasteiger partial charge in [0.1, 0.15) is 0 Å². The lowest BCUT2D eigenvalue weighted by Gasteiger charge is -2.36. The molecule has 3 rings (SSSR count). The highest BCUT2D eigenvalue weighted by Gasteiger charge is 2.37. The van der Waals surface area contributed by atoms with Crippen LogP contribution in [0.4, 0.5) is 0 Å². The second kappa shape index (κ2) is 8.86. The van der Waals surface area contributed by atoms with Gasteiger partial charge in [-0.1, -0.05) is 45.0 Å². The molecule has 0 saturated carbocycles. The van der Waals surface area contributed by atoms with Gasteiger partial charge in [0.05, 0.1) is 12.9 Å². The lowest BCUT2D eigenvalue weighted by atomic mass is 10.1. The number of carbonyl (C=O) groups excluding carboxylic acids is 1. The summed E-state index contributed by atoms with van der Waals surface area (Å²) < 4.78 is 11.5. The van der Waals surface area contributed by atoms with Crippen LogP contribution in [0.1, 0.15) is 42.5 Å². The molecule has 0 N–H and O–H groups in total. The number of rotatable bonds is 6. The number of nitrogens with zero attached hydrogens (tertiary/aromatic N) is 2. The maximum atomic E-state index is 12.4. The summed E-state index contributed by atoms with van der Waals surface area (Å²) in [5, 5.41) is 0.230. The number of piperazine rings is 1. The van der Waals surface area contributed by atoms with Gasteiger partial charge in [0.25, 0.3) is 5.91 Å². The minimum atomic E-state index is -1.72. The van der Waals surface area contributed by atoms with Crippen molar-refractivity contribution in [2.24, 2.45) is 0 Å². The van der Waals surface area contributed by atoms with Crippen molar-refractivity contribution < 1.29 is 13.6 Å². The molecule has 0 radical (unpaired) electrons. The number of hydrogen-bond acceptors (Lipinski definition) is 4. The van der Waals surface area contributed by atoms with Gasteiger partial charge in [-0.15, -0.1) is 0 Å². The van der Waals surface area contributed by atoms with E-state index in [9.17, 15) is 4.79 Å². The Kier molecular flexibility index (Phi) is 6.66. The van der Waals surface area contributed by atoms with Gasteiger partial charge in [-0.05, 0) is 41.4 Å². The highest BCUT2D eigenvalue weighted by Crippen LogP contribution is 2.37. The Morgan fingerprint density at radius 2 is 1.66 bits per heavy atom. The van der Waals surface area contributed by atoms with Crippen molar-refractivity contribution >= 4 is 14.2 Å². The fraction of sp³-hybridized carbons (Fsp3) is 0.522. The minimum absolute atomic E-state index is 0.0132. The molecular weight excluding hydrogens is 380 g/mol. The highest BCUT2D eigenvalue weighted by molar-refractivity contribution is 6.74. The summed E-state index contributed by atoms with van der Waals surface area (Å²) in [4.78, 5) is 16.6. The summed E-state index contributed by atoms with van der Waals surface area (Å²) in [6.07, 6.45) is 1.55. The Morgan fingerprint density at radius 3 is 2.21 bits per heavy atom. The third-order valence-corrected chi connectivity index (χ3v) is 10.7. The molecule has 1 saturated heterocycles. The normalized spacial score (nSPS) is 16.2. The van der Waals surface area contributed by atoms with Crippen LogP contribution in [-0.4, -0.2) is 50.2 Å². The molecule has 1 fully saturated rings. The van der Waals surface area contributed by atoms with Gasteiger partial charge in [0, 0.05) is 32.7 Å². The Hall–Kier alpha value is -1.89. The second-order valence-corrected chi connectivity index (χ2v) is 14.2. The van der Waals surface area contributed by atoms with E-state index in [2.05, 4.69) is 63.0 Å². The molecule has 6 heteroatoms. The van der Waals surface area contributed by atoms with Gasteiger partial charge in [-0.2, -0.15) is 0 Å². The van der Waals surface area contributed by atoms with Crippen molar-refractivity contribution in [3.05, 3.63) is 59.5 Å². The van der Waals surface area contributed by atoms with Gasteiger partial charge in [-0.25, -0.2) is 0 Å². The summed E-state index contributed by atoms with van der Waals surface area (Å²) in [5.74, 6) is 0.412. The molecule has 0 unspecified atom stereocenters. The first kappa shape index (κ1) is 21.8. The number of benzene rings is 1. The topological polar surface area (TPSA) is 45.9 Å². The van der Waals surface area contributed by atoms with Crippen LogP contribution in [0.2, 0.25) is 18.1 Å². The van der Waals surface area contributed by atoms with Crippen molar-refractivity contribution in [1.82, 2.24) is 9.80 Å². The van der Waals surface area contributed by atoms with Crippen LogP contribution in [0.15, 0.2) is 47.1 Å². The summed E-state index contributed by atoms with van der Waals surface area (Å²) in [5.41, 5.74) is 2.53. The molecule has 1 aliphatic rings. The van der Waals surface area contributed by atoms with E-state index < -0.39 is 8.32 Å². The van der Waals surface area contributed by atoms with Gasteiger partial charge < -0.3 is 13.7 Å². The number of carbonyl (C=O) groups is 1. The van der Waals surface area contributed by atoms with Crippen LogP contribution in [0.5, 0.6) is 0 Å². The van der Waals surface area contributed by atoms with Gasteiger partial charge in [-0.3, -0.25) is 9.69 Å². The molecule has 5 nitrogen and oxygen atoms in total. The SMILES string of the molecule is CC(C)(C)[Si](C)(C)OCc1ccc(CN2CCN(C(=O)c3ccco3)CC2)cc1. The zero-order valence-corrected chi connectivity index (χ0v) is 19.4. The van der Waals surface area contributed by atoms with E-state index in [-0.39, 0.29) is 10.9 Å². The van der Waals surface area contributed by atoms with Crippen LogP contribution < -0.4 is 0 Å². The molecule has 2 heterocycles. The first-order valence-electron chi connectivity index (χ1n) is 10.4. The van der Waals surface area contributed by atoms with Crippen molar-refractivity contribution in [2.75, 3.05) is 26.2 Å². The Morgan fingerprint density at radius 1 is 1.03 bits per heavy atom. The van der Waals surface area contributed by atoms with Crippen LogP contribution in [0, 0.1) is 0 Å². The summed E-state index contributed by atoms with van der Waals surface area (Å²) in [6, 6.07) is 12.2. The summed E-state index contributed by atoms with van der Waals surface area (Å²) in [6.45, 7) is 16.2. The van der Waals surface area contributed by atoms with E-state index in [0.29, 0.717) is 12.4 Å². The smallest absolute Gasteiger partial charge is 0.289 e. The van der Waals surface area contributed by atoms with E-state index in [1.54, 1.807) is 18.4 Å². The molecule has 1 aromatic heterocycles. The summed E-state index contributed by atoms with van der Waals surface area (Å²) in [7, 11) is -1.72. The molecular formula is C23H34N2O3Si. The minimum Gasteiger partial charge on any atom is -0.459 e. The van der Waals surface area contributed by atoms with Gasteiger partial charge in [0.2, 0.25) is 0 Å². The summed E-state index contributed by atoms with van der Waals surface area (Å²) >= 11 is 0. The van der Waals surface area contributed by atoms with E-state index >= 15 is 0 Å². The molecule has 0 aliphatic carbocycles. The average molecular weight is 415 g/mol. The Labute approximate surface area is 175 Å². The lowest BCUT2D eigenvalue weighted by molar-refractivity contribution is 0.0598. The molecule has 29 heavy (non-hydrogen) atoms. The van der Waals surface area contributed by atoms with Crippen LogP contribution in [-0.2, 0) is 17.6 Å². The zero-order valence-electron chi connectivity index (χ0n) is 18.4. The van der Waals surface area contributed by atoms with Crippen molar-refractivity contribution in [3.63, 3.8) is 0 Å². The van der Waals surface area contributed by atoms with Crippen LogP contribution >= 0.6 is 0 Å². The Bertz CT molecular complexity index is 787. The molecule has 0 spiro atoms. The third-order valence-electron chi connectivity index (χ3n) is 6.23. The molecule has 2 aromatic rings. The van der Waals surface area contributed by atoms with Crippen molar-refractivity contribution in [1.29, 1.82) is 0 Å². The quantitative estimate of drug-likeness (QED) is 0.640. The largest absolute Gasteiger partial charge is 0.459 e. The van der Waals surface area contributed by atoms with Gasteiger partial charge in [0.15, 0.2) is 14.1 Å². The highest BCUT2D eigenvalue weighted by atomic mass is 28.4. The molecule has 1 aliphatic heterocycles. The molecule has 1 amide bonds. The van der Waals surface area contributed by atoms with Gasteiger partial charge >= 0.3 is 0 Å². The van der Waals surface area contributed by atoms with E-state index in [4.69, 9.17) is 8.84 Å². The predicted octanol–water partition coefficient (Wildman–Crippen LogP) is 4.76. The van der Waals surface area contributed by atoms with E-state index in [0.717, 1.165) is 32.7 Å².